The first-order chi connectivity index (χ1) is 12.4. The minimum absolute atomic E-state index is 0.0749. The van der Waals surface area contributed by atoms with E-state index in [4.69, 9.17) is 0 Å². The average Bonchev–Trinajstić information content (AvgIpc) is 2.64. The predicted octanol–water partition coefficient (Wildman–Crippen LogP) is 1.96. The summed E-state index contributed by atoms with van der Waals surface area (Å²) >= 11 is 0. The lowest BCUT2D eigenvalue weighted by molar-refractivity contribution is -0.116. The molecule has 2 aliphatic rings. The zero-order valence-corrected chi connectivity index (χ0v) is 15.1. The second-order valence-corrected chi connectivity index (χ2v) is 7.11. The molecule has 2 heterocycles. The molecule has 26 heavy (non-hydrogen) atoms. The highest BCUT2D eigenvalue weighted by atomic mass is 16.2. The molecule has 1 N–H and O–H groups in total. The van der Waals surface area contributed by atoms with Crippen molar-refractivity contribution in [2.75, 3.05) is 5.32 Å². The molecular formula is C20H21N3O3. The third-order valence-electron chi connectivity index (χ3n) is 5.41. The van der Waals surface area contributed by atoms with E-state index in [9.17, 15) is 14.4 Å². The van der Waals surface area contributed by atoms with E-state index in [0.717, 1.165) is 34.2 Å². The van der Waals surface area contributed by atoms with Crippen molar-refractivity contribution in [3.63, 3.8) is 0 Å². The smallest absolute Gasteiger partial charge is 0.332 e. The Morgan fingerprint density at radius 1 is 1.00 bits per heavy atom. The summed E-state index contributed by atoms with van der Waals surface area (Å²) in [5.74, 6) is 0.128. The highest BCUT2D eigenvalue weighted by Gasteiger charge is 2.38. The van der Waals surface area contributed by atoms with Crippen LogP contribution in [0.4, 0.5) is 5.82 Å². The lowest BCUT2D eigenvalue weighted by Crippen LogP contribution is -2.44. The number of carbonyl (C=O) groups excluding carboxylic acids is 1. The molecule has 1 aromatic carbocycles. The number of nitrogens with one attached hydrogen (secondary N) is 1. The standard InChI is InChI=1S/C20H21N3O3/c1-11-7-9-12(10-8-11)15-16-13(5-4-6-14(16)24)21-18-17(15)19(25)23(3)20(26)22(18)2/h7-10,15,21H,4-6H2,1-3H3. The molecule has 0 amide bonds. The molecule has 0 radical (unpaired) electrons. The summed E-state index contributed by atoms with van der Waals surface area (Å²) in [5.41, 5.74) is 3.25. The second kappa shape index (κ2) is 5.83. The molecule has 4 rings (SSSR count). The number of nitrogens with zero attached hydrogens (tertiary/aromatic N) is 2. The molecule has 0 saturated heterocycles. The maximum Gasteiger partial charge on any atom is 0.332 e. The van der Waals surface area contributed by atoms with Crippen LogP contribution in [0, 0.1) is 6.92 Å². The molecule has 134 valence electrons. The van der Waals surface area contributed by atoms with Gasteiger partial charge in [-0.05, 0) is 25.3 Å². The molecule has 1 atom stereocenters. The van der Waals surface area contributed by atoms with Gasteiger partial charge in [0.1, 0.15) is 5.82 Å². The number of benzene rings is 1. The molecule has 0 bridgehead atoms. The average molecular weight is 351 g/mol. The lowest BCUT2D eigenvalue weighted by atomic mass is 9.76. The number of fused-ring (bicyclic) bond motifs is 1. The lowest BCUT2D eigenvalue weighted by Gasteiger charge is -2.34. The molecular weight excluding hydrogens is 330 g/mol. The van der Waals surface area contributed by atoms with Crippen LogP contribution in [-0.4, -0.2) is 14.9 Å². The van der Waals surface area contributed by atoms with Gasteiger partial charge in [-0.2, -0.15) is 0 Å². The second-order valence-electron chi connectivity index (χ2n) is 7.11. The van der Waals surface area contributed by atoms with Crippen molar-refractivity contribution < 1.29 is 4.79 Å². The summed E-state index contributed by atoms with van der Waals surface area (Å²) < 4.78 is 2.57. The van der Waals surface area contributed by atoms with Gasteiger partial charge < -0.3 is 5.32 Å². The fourth-order valence-corrected chi connectivity index (χ4v) is 3.99. The fraction of sp³-hybridized carbons (Fsp3) is 0.350. The van der Waals surface area contributed by atoms with Gasteiger partial charge in [0, 0.05) is 37.7 Å². The van der Waals surface area contributed by atoms with Gasteiger partial charge in [0.15, 0.2) is 5.78 Å². The van der Waals surface area contributed by atoms with Crippen LogP contribution in [0.2, 0.25) is 0 Å². The van der Waals surface area contributed by atoms with Gasteiger partial charge >= 0.3 is 5.69 Å². The SMILES string of the molecule is Cc1ccc(C2C3=C(CCCC3=O)Nc3c2c(=O)n(C)c(=O)n3C)cc1. The van der Waals surface area contributed by atoms with Crippen molar-refractivity contribution in [2.24, 2.45) is 14.1 Å². The van der Waals surface area contributed by atoms with Crippen molar-refractivity contribution in [1.82, 2.24) is 9.13 Å². The van der Waals surface area contributed by atoms with Crippen molar-refractivity contribution in [3.8, 4) is 0 Å². The summed E-state index contributed by atoms with van der Waals surface area (Å²) in [5, 5.41) is 3.23. The number of ketones is 1. The molecule has 2 aromatic rings. The van der Waals surface area contributed by atoms with Gasteiger partial charge in [-0.15, -0.1) is 0 Å². The van der Waals surface area contributed by atoms with E-state index in [1.807, 2.05) is 31.2 Å². The number of hydrogen-bond acceptors (Lipinski definition) is 4. The van der Waals surface area contributed by atoms with Gasteiger partial charge in [-0.1, -0.05) is 29.8 Å². The maximum absolute atomic E-state index is 13.0. The van der Waals surface area contributed by atoms with E-state index in [2.05, 4.69) is 5.32 Å². The molecule has 6 nitrogen and oxygen atoms in total. The van der Waals surface area contributed by atoms with Crippen molar-refractivity contribution in [3.05, 3.63) is 73.1 Å². The van der Waals surface area contributed by atoms with E-state index in [-0.39, 0.29) is 17.0 Å². The van der Waals surface area contributed by atoms with Crippen molar-refractivity contribution in [1.29, 1.82) is 0 Å². The molecule has 1 aliphatic heterocycles. The summed E-state index contributed by atoms with van der Waals surface area (Å²) in [6, 6.07) is 7.90. The Kier molecular flexibility index (Phi) is 3.72. The van der Waals surface area contributed by atoms with Gasteiger partial charge in [0.2, 0.25) is 0 Å². The van der Waals surface area contributed by atoms with Crippen LogP contribution < -0.4 is 16.6 Å². The fourth-order valence-electron chi connectivity index (χ4n) is 3.99. The minimum atomic E-state index is -0.444. The Labute approximate surface area is 150 Å². The number of hydrogen-bond donors (Lipinski definition) is 1. The van der Waals surface area contributed by atoms with Crippen LogP contribution in [0.3, 0.4) is 0 Å². The van der Waals surface area contributed by atoms with Crippen LogP contribution in [0.15, 0.2) is 45.1 Å². The molecule has 0 saturated carbocycles. The predicted molar refractivity (Wildman–Crippen MR) is 99.5 cm³/mol. The van der Waals surface area contributed by atoms with Crippen LogP contribution in [0.5, 0.6) is 0 Å². The topological polar surface area (TPSA) is 73.1 Å². The summed E-state index contributed by atoms with van der Waals surface area (Å²) in [4.78, 5) is 38.1. The zero-order chi connectivity index (χ0) is 18.6. The number of Topliss-reactive ketones (excluding diaryl/α,β-unsaturated/α-hetero) is 1. The molecule has 1 aromatic heterocycles. The molecule has 6 heteroatoms. The van der Waals surface area contributed by atoms with Crippen LogP contribution >= 0.6 is 0 Å². The van der Waals surface area contributed by atoms with Gasteiger partial charge in [0.25, 0.3) is 5.56 Å². The Morgan fingerprint density at radius 3 is 2.38 bits per heavy atom. The Balaban J connectivity index is 2.08. The quantitative estimate of drug-likeness (QED) is 0.852. The van der Waals surface area contributed by atoms with E-state index in [0.29, 0.717) is 23.4 Å². The first-order valence-electron chi connectivity index (χ1n) is 8.80. The van der Waals surface area contributed by atoms with Gasteiger partial charge in [-0.25, -0.2) is 4.79 Å². The van der Waals surface area contributed by atoms with Crippen molar-refractivity contribution in [2.45, 2.75) is 32.1 Å². The third-order valence-corrected chi connectivity index (χ3v) is 5.41. The third kappa shape index (κ3) is 2.29. The monoisotopic (exact) mass is 351 g/mol. The van der Waals surface area contributed by atoms with Crippen molar-refractivity contribution >= 4 is 11.6 Å². The van der Waals surface area contributed by atoms with Crippen LogP contribution in [0.25, 0.3) is 0 Å². The summed E-state index contributed by atoms with van der Waals surface area (Å²) in [6.07, 6.45) is 2.01. The Hall–Kier alpha value is -2.89. The summed E-state index contributed by atoms with van der Waals surface area (Å²) in [7, 11) is 3.12. The molecule has 1 aliphatic carbocycles. The maximum atomic E-state index is 13.0. The number of rotatable bonds is 1. The number of anilines is 1. The minimum Gasteiger partial charge on any atom is -0.344 e. The van der Waals surface area contributed by atoms with E-state index in [1.54, 1.807) is 7.05 Å². The number of carbonyl (C=O) groups is 1. The van der Waals surface area contributed by atoms with Crippen LogP contribution in [-0.2, 0) is 18.9 Å². The summed E-state index contributed by atoms with van der Waals surface area (Å²) in [6.45, 7) is 2.00. The molecule has 0 spiro atoms. The van der Waals surface area contributed by atoms with Gasteiger partial charge in [0.05, 0.1) is 5.56 Å². The number of aromatic nitrogens is 2. The Morgan fingerprint density at radius 2 is 1.69 bits per heavy atom. The molecule has 0 fully saturated rings. The first kappa shape index (κ1) is 16.6. The highest BCUT2D eigenvalue weighted by Crippen LogP contribution is 2.43. The zero-order valence-electron chi connectivity index (χ0n) is 15.1. The van der Waals surface area contributed by atoms with E-state index in [1.165, 1.54) is 11.6 Å². The highest BCUT2D eigenvalue weighted by molar-refractivity contribution is 6.00. The van der Waals surface area contributed by atoms with E-state index < -0.39 is 5.92 Å². The van der Waals surface area contributed by atoms with E-state index >= 15 is 0 Å². The first-order valence-corrected chi connectivity index (χ1v) is 8.80. The Bertz CT molecular complexity index is 1070. The largest absolute Gasteiger partial charge is 0.344 e. The number of aryl methyl sites for hydroxylation is 1. The molecule has 1 unspecified atom stereocenters. The normalized spacial score (nSPS) is 19.0. The number of allylic oxidation sites excluding steroid dienone is 2. The van der Waals surface area contributed by atoms with Gasteiger partial charge in [-0.3, -0.25) is 18.7 Å². The van der Waals surface area contributed by atoms with Crippen LogP contribution in [0.1, 0.15) is 41.9 Å².